The lowest BCUT2D eigenvalue weighted by atomic mass is 10.2. The second-order valence-electron chi connectivity index (χ2n) is 5.15. The van der Waals surface area contributed by atoms with Crippen LogP contribution in [0.25, 0.3) is 21.3 Å². The minimum atomic E-state index is -0.445. The number of halogens is 2. The lowest BCUT2D eigenvalue weighted by molar-refractivity contribution is 0.0605. The highest BCUT2D eigenvalue weighted by Gasteiger charge is 2.20. The molecule has 0 saturated heterocycles. The Morgan fingerprint density at radius 3 is 2.80 bits per heavy atom. The Bertz CT molecular complexity index is 1010. The van der Waals surface area contributed by atoms with Gasteiger partial charge in [0.2, 0.25) is 0 Å². The Balaban J connectivity index is 2.10. The van der Waals surface area contributed by atoms with Gasteiger partial charge < -0.3 is 9.84 Å². The molecule has 1 aromatic carbocycles. The number of phenols is 1. The van der Waals surface area contributed by atoms with E-state index in [0.29, 0.717) is 26.2 Å². The molecule has 8 heteroatoms. The van der Waals surface area contributed by atoms with Gasteiger partial charge in [-0.25, -0.2) is 14.8 Å². The van der Waals surface area contributed by atoms with E-state index < -0.39 is 5.97 Å². The van der Waals surface area contributed by atoms with Gasteiger partial charge in [-0.1, -0.05) is 35.3 Å². The van der Waals surface area contributed by atoms with Gasteiger partial charge in [-0.3, -0.25) is 0 Å². The van der Waals surface area contributed by atoms with Crippen molar-refractivity contribution in [2.75, 3.05) is 7.11 Å². The number of aromatic nitrogens is 2. The van der Waals surface area contributed by atoms with Gasteiger partial charge in [0.25, 0.3) is 0 Å². The van der Waals surface area contributed by atoms with E-state index in [9.17, 15) is 9.90 Å². The van der Waals surface area contributed by atoms with Crippen LogP contribution >= 0.6 is 34.5 Å². The molecule has 0 fully saturated rings. The minimum absolute atomic E-state index is 0.129. The third-order valence-corrected chi connectivity index (χ3v) is 5.21. The smallest absolute Gasteiger partial charge is 0.348 e. The Morgan fingerprint density at radius 2 is 2.12 bits per heavy atom. The van der Waals surface area contributed by atoms with Crippen molar-refractivity contribution in [1.82, 2.24) is 9.97 Å². The molecule has 2 heterocycles. The third-order valence-electron chi connectivity index (χ3n) is 3.49. The molecular weight excluding hydrogens is 383 g/mol. The summed E-state index contributed by atoms with van der Waals surface area (Å²) < 4.78 is 4.77. The molecule has 128 valence electrons. The van der Waals surface area contributed by atoms with Gasteiger partial charge in [-0.2, -0.15) is 0 Å². The molecule has 0 spiro atoms. The Kier molecular flexibility index (Phi) is 4.94. The number of hydrogen-bond acceptors (Lipinski definition) is 6. The lowest BCUT2D eigenvalue weighted by Crippen LogP contribution is -1.99. The minimum Gasteiger partial charge on any atom is -0.508 e. The van der Waals surface area contributed by atoms with Crippen LogP contribution in [0.5, 0.6) is 5.75 Å². The van der Waals surface area contributed by atoms with Crippen molar-refractivity contribution in [3.05, 3.63) is 51.2 Å². The topological polar surface area (TPSA) is 72.3 Å². The zero-order valence-corrected chi connectivity index (χ0v) is 15.5. The summed E-state index contributed by atoms with van der Waals surface area (Å²) in [5, 5.41) is 10.6. The maximum Gasteiger partial charge on any atom is 0.348 e. The van der Waals surface area contributed by atoms with Crippen molar-refractivity contribution >= 4 is 61.8 Å². The molecule has 1 N–H and O–H groups in total. The van der Waals surface area contributed by atoms with Crippen LogP contribution in [0.3, 0.4) is 0 Å². The number of esters is 1. The number of carbonyl (C=O) groups is 1. The number of aryl methyl sites for hydroxylation is 1. The Morgan fingerprint density at radius 1 is 1.36 bits per heavy atom. The molecule has 0 aliphatic rings. The van der Waals surface area contributed by atoms with Crippen molar-refractivity contribution in [2.24, 2.45) is 0 Å². The number of hydrogen-bond donors (Lipinski definition) is 1. The molecule has 0 aliphatic heterocycles. The molecular formula is C17H12Cl2N2O3S. The summed E-state index contributed by atoms with van der Waals surface area (Å²) in [7, 11) is 1.32. The first-order valence-electron chi connectivity index (χ1n) is 7.12. The number of carbonyl (C=O) groups excluding carboxylic acids is 1. The summed E-state index contributed by atoms with van der Waals surface area (Å²) in [4.78, 5) is 21.5. The van der Waals surface area contributed by atoms with E-state index >= 15 is 0 Å². The highest BCUT2D eigenvalue weighted by atomic mass is 35.5. The number of aromatic hydroxyl groups is 1. The van der Waals surface area contributed by atoms with Gasteiger partial charge in [0.05, 0.1) is 17.5 Å². The van der Waals surface area contributed by atoms with E-state index in [0.717, 1.165) is 0 Å². The van der Waals surface area contributed by atoms with Gasteiger partial charge in [-0.15, -0.1) is 11.3 Å². The molecule has 25 heavy (non-hydrogen) atoms. The molecule has 0 unspecified atom stereocenters. The maximum atomic E-state index is 11.8. The monoisotopic (exact) mass is 394 g/mol. The first-order valence-corrected chi connectivity index (χ1v) is 8.69. The molecule has 0 saturated carbocycles. The predicted octanol–water partition coefficient (Wildman–Crippen LogP) is 4.88. The first-order chi connectivity index (χ1) is 11.9. The van der Waals surface area contributed by atoms with Crippen molar-refractivity contribution in [3.63, 3.8) is 0 Å². The molecule has 3 aromatic rings. The molecule has 0 amide bonds. The van der Waals surface area contributed by atoms with Crippen LogP contribution in [-0.4, -0.2) is 28.2 Å². The summed E-state index contributed by atoms with van der Waals surface area (Å²) in [5.74, 6) is -0.0797. The molecule has 3 rings (SSSR count). The van der Waals surface area contributed by atoms with Crippen molar-refractivity contribution in [3.8, 4) is 5.75 Å². The number of fused-ring (bicyclic) bond motifs is 1. The van der Waals surface area contributed by atoms with E-state index in [4.69, 9.17) is 27.9 Å². The summed E-state index contributed by atoms with van der Waals surface area (Å²) in [6, 6.07) is 6.61. The fourth-order valence-corrected chi connectivity index (χ4v) is 3.99. The van der Waals surface area contributed by atoms with E-state index in [2.05, 4.69) is 9.97 Å². The standard InChI is InChI=1S/C17H12Cl2N2O3S/c1-8-12-14(19)20-15(21-16(12)25-13(8)17(23)24-2)11(18)7-9-4-3-5-10(22)6-9/h3-7,22H,1-2H3/b11-7-. The van der Waals surface area contributed by atoms with Crippen molar-refractivity contribution in [1.29, 1.82) is 0 Å². The third kappa shape index (κ3) is 3.46. The average Bonchev–Trinajstić information content (AvgIpc) is 2.91. The first kappa shape index (κ1) is 17.7. The highest BCUT2D eigenvalue weighted by Crippen LogP contribution is 2.35. The number of benzene rings is 1. The van der Waals surface area contributed by atoms with E-state index in [1.54, 1.807) is 37.3 Å². The highest BCUT2D eigenvalue weighted by molar-refractivity contribution is 7.20. The summed E-state index contributed by atoms with van der Waals surface area (Å²) in [6.07, 6.45) is 1.63. The van der Waals surface area contributed by atoms with Crippen molar-refractivity contribution in [2.45, 2.75) is 6.92 Å². The number of methoxy groups -OCH3 is 1. The number of ether oxygens (including phenoxy) is 1. The fourth-order valence-electron chi connectivity index (χ4n) is 2.31. The number of nitrogens with zero attached hydrogens (tertiary/aromatic N) is 2. The number of thiophene rings is 1. The van der Waals surface area contributed by atoms with Gasteiger partial charge >= 0.3 is 5.97 Å². The predicted molar refractivity (Wildman–Crippen MR) is 100 cm³/mol. The van der Waals surface area contributed by atoms with E-state index in [1.165, 1.54) is 18.4 Å². The second kappa shape index (κ2) is 7.00. The molecule has 0 aliphatic carbocycles. The maximum absolute atomic E-state index is 11.8. The van der Waals surface area contributed by atoms with Gasteiger partial charge in [0, 0.05) is 0 Å². The SMILES string of the molecule is COC(=O)c1sc2nc(/C(Cl)=C/c3cccc(O)c3)nc(Cl)c2c1C. The van der Waals surface area contributed by atoms with Crippen LogP contribution in [0.4, 0.5) is 0 Å². The van der Waals surface area contributed by atoms with Crippen LogP contribution in [0.15, 0.2) is 24.3 Å². The summed E-state index contributed by atoms with van der Waals surface area (Å²) >= 11 is 13.8. The molecule has 2 aromatic heterocycles. The van der Waals surface area contributed by atoms with Crippen molar-refractivity contribution < 1.29 is 14.6 Å². The largest absolute Gasteiger partial charge is 0.508 e. The second-order valence-corrected chi connectivity index (χ2v) is 6.92. The van der Waals surface area contributed by atoms with Crippen LogP contribution in [0.1, 0.15) is 26.6 Å². The van der Waals surface area contributed by atoms with Crippen LogP contribution in [0, 0.1) is 6.92 Å². The number of phenolic OH excluding ortho intramolecular Hbond substituents is 1. The van der Waals surface area contributed by atoms with Crippen LogP contribution < -0.4 is 0 Å². The number of rotatable bonds is 3. The summed E-state index contributed by atoms with van der Waals surface area (Å²) in [6.45, 7) is 1.77. The molecule has 0 atom stereocenters. The average molecular weight is 395 g/mol. The van der Waals surface area contributed by atoms with Crippen LogP contribution in [-0.2, 0) is 4.74 Å². The Hall–Kier alpha value is -2.15. The Labute approximate surface area is 157 Å². The molecule has 0 bridgehead atoms. The van der Waals surface area contributed by atoms with Gasteiger partial charge in [0.1, 0.15) is 20.6 Å². The lowest BCUT2D eigenvalue weighted by Gasteiger charge is -2.02. The molecule has 5 nitrogen and oxygen atoms in total. The zero-order valence-electron chi connectivity index (χ0n) is 13.2. The molecule has 0 radical (unpaired) electrons. The fraction of sp³-hybridized carbons (Fsp3) is 0.118. The van der Waals surface area contributed by atoms with E-state index in [-0.39, 0.29) is 21.8 Å². The summed E-state index contributed by atoms with van der Waals surface area (Å²) in [5.41, 5.74) is 1.37. The quantitative estimate of drug-likeness (QED) is 0.505. The van der Waals surface area contributed by atoms with Gasteiger partial charge in [-0.05, 0) is 36.3 Å². The zero-order chi connectivity index (χ0) is 18.1. The normalized spacial score (nSPS) is 11.8. The van der Waals surface area contributed by atoms with Crippen LogP contribution in [0.2, 0.25) is 5.15 Å². The van der Waals surface area contributed by atoms with E-state index in [1.807, 2.05) is 0 Å². The van der Waals surface area contributed by atoms with Gasteiger partial charge in [0.15, 0.2) is 5.82 Å².